The number of hydrogen-bond donors (Lipinski definition) is 0. The molecule has 0 spiro atoms. The highest BCUT2D eigenvalue weighted by atomic mass is 16.2. The van der Waals surface area contributed by atoms with Gasteiger partial charge in [0, 0.05) is 37.2 Å². The van der Waals surface area contributed by atoms with E-state index in [0.29, 0.717) is 0 Å². The number of nitrogens with zero attached hydrogens (tertiary/aromatic N) is 5. The first-order chi connectivity index (χ1) is 11.0. The molecule has 0 aliphatic carbocycles. The molecule has 6 nitrogen and oxygen atoms in total. The number of rotatable bonds is 4. The van der Waals surface area contributed by atoms with E-state index in [4.69, 9.17) is 0 Å². The lowest BCUT2D eigenvalue weighted by Gasteiger charge is -2.28. The molecule has 1 fully saturated rings. The van der Waals surface area contributed by atoms with Crippen LogP contribution in [0.1, 0.15) is 42.6 Å². The standard InChI is InChI=1S/C17H25N5O/c1-12(16-13(2)19-20(4)14(16)3)17(23)22-10-5-7-15(22)11-21-9-6-8-18-21/h6,8-9,12,15H,5,7,10-11H2,1-4H3/t12-,15+/m0/s1. The Morgan fingerprint density at radius 1 is 1.43 bits per heavy atom. The van der Waals surface area contributed by atoms with E-state index in [1.54, 1.807) is 6.20 Å². The van der Waals surface area contributed by atoms with Crippen molar-refractivity contribution < 1.29 is 4.79 Å². The third-order valence-electron chi connectivity index (χ3n) is 4.99. The molecule has 2 atom stereocenters. The Hall–Kier alpha value is -2.11. The molecule has 2 aromatic heterocycles. The summed E-state index contributed by atoms with van der Waals surface area (Å²) >= 11 is 0. The summed E-state index contributed by atoms with van der Waals surface area (Å²) in [5.41, 5.74) is 3.10. The molecule has 0 radical (unpaired) electrons. The lowest BCUT2D eigenvalue weighted by molar-refractivity contribution is -0.133. The largest absolute Gasteiger partial charge is 0.337 e. The number of hydrogen-bond acceptors (Lipinski definition) is 3. The number of aryl methyl sites for hydroxylation is 2. The number of likely N-dealkylation sites (tertiary alicyclic amines) is 1. The van der Waals surface area contributed by atoms with Crippen LogP contribution in [0.15, 0.2) is 18.5 Å². The second kappa shape index (κ2) is 6.18. The van der Waals surface area contributed by atoms with Gasteiger partial charge in [-0.3, -0.25) is 14.2 Å². The van der Waals surface area contributed by atoms with Crippen LogP contribution in [0.5, 0.6) is 0 Å². The topological polar surface area (TPSA) is 56.0 Å². The van der Waals surface area contributed by atoms with Gasteiger partial charge in [-0.05, 0) is 39.7 Å². The number of aromatic nitrogens is 4. The van der Waals surface area contributed by atoms with Crippen molar-refractivity contribution in [1.29, 1.82) is 0 Å². The third kappa shape index (κ3) is 2.90. The molecule has 1 saturated heterocycles. The molecular weight excluding hydrogens is 290 g/mol. The molecule has 3 rings (SSSR count). The fourth-order valence-electron chi connectivity index (χ4n) is 3.73. The van der Waals surface area contributed by atoms with Crippen LogP contribution in [0.25, 0.3) is 0 Å². The third-order valence-corrected chi connectivity index (χ3v) is 4.99. The zero-order valence-electron chi connectivity index (χ0n) is 14.4. The van der Waals surface area contributed by atoms with E-state index in [1.807, 2.05) is 54.3 Å². The molecule has 0 aromatic carbocycles. The Kier molecular flexibility index (Phi) is 4.24. The zero-order chi connectivity index (χ0) is 16.6. The van der Waals surface area contributed by atoms with E-state index in [2.05, 4.69) is 10.2 Å². The molecule has 0 N–H and O–H groups in total. The molecule has 0 bridgehead atoms. The van der Waals surface area contributed by atoms with Gasteiger partial charge in [0.2, 0.25) is 5.91 Å². The molecule has 2 aromatic rings. The maximum atomic E-state index is 13.1. The number of amides is 1. The quantitative estimate of drug-likeness (QED) is 0.867. The molecular formula is C17H25N5O. The van der Waals surface area contributed by atoms with Crippen molar-refractivity contribution in [3.05, 3.63) is 35.4 Å². The van der Waals surface area contributed by atoms with Crippen LogP contribution in [0.4, 0.5) is 0 Å². The number of carbonyl (C=O) groups excluding carboxylic acids is 1. The van der Waals surface area contributed by atoms with E-state index in [0.717, 1.165) is 42.9 Å². The maximum absolute atomic E-state index is 13.1. The first kappa shape index (κ1) is 15.8. The van der Waals surface area contributed by atoms with Crippen LogP contribution in [0, 0.1) is 13.8 Å². The van der Waals surface area contributed by atoms with Gasteiger partial charge in [-0.2, -0.15) is 10.2 Å². The van der Waals surface area contributed by atoms with Gasteiger partial charge in [-0.25, -0.2) is 0 Å². The highest BCUT2D eigenvalue weighted by molar-refractivity contribution is 5.84. The van der Waals surface area contributed by atoms with Crippen molar-refractivity contribution >= 4 is 5.91 Å². The predicted molar refractivity (Wildman–Crippen MR) is 88.1 cm³/mol. The van der Waals surface area contributed by atoms with Gasteiger partial charge in [0.05, 0.1) is 24.2 Å². The molecule has 1 aliphatic rings. The molecule has 0 saturated carbocycles. The van der Waals surface area contributed by atoms with E-state index in [1.165, 1.54) is 0 Å². The minimum atomic E-state index is -0.151. The maximum Gasteiger partial charge on any atom is 0.230 e. The SMILES string of the molecule is Cc1nn(C)c(C)c1[C@H](C)C(=O)N1CCC[C@@H]1Cn1cccn1. The van der Waals surface area contributed by atoms with Gasteiger partial charge in [-0.15, -0.1) is 0 Å². The summed E-state index contributed by atoms with van der Waals surface area (Å²) in [6, 6.07) is 2.16. The minimum Gasteiger partial charge on any atom is -0.337 e. The lowest BCUT2D eigenvalue weighted by atomic mass is 9.97. The van der Waals surface area contributed by atoms with Crippen LogP contribution < -0.4 is 0 Å². The molecule has 0 unspecified atom stereocenters. The summed E-state index contributed by atoms with van der Waals surface area (Å²) in [7, 11) is 1.93. The van der Waals surface area contributed by atoms with Crippen molar-refractivity contribution in [2.45, 2.75) is 52.1 Å². The minimum absolute atomic E-state index is 0.151. The van der Waals surface area contributed by atoms with Crippen molar-refractivity contribution in [2.24, 2.45) is 7.05 Å². The predicted octanol–water partition coefficient (Wildman–Crippen LogP) is 2.03. The smallest absolute Gasteiger partial charge is 0.230 e. The van der Waals surface area contributed by atoms with Crippen LogP contribution in [0.2, 0.25) is 0 Å². The van der Waals surface area contributed by atoms with Crippen molar-refractivity contribution in [2.75, 3.05) is 6.54 Å². The number of carbonyl (C=O) groups is 1. The van der Waals surface area contributed by atoms with Crippen LogP contribution >= 0.6 is 0 Å². The summed E-state index contributed by atoms with van der Waals surface area (Å²) in [6.45, 7) is 7.63. The van der Waals surface area contributed by atoms with Crippen LogP contribution in [0.3, 0.4) is 0 Å². The Morgan fingerprint density at radius 3 is 2.83 bits per heavy atom. The second-order valence-corrected chi connectivity index (χ2v) is 6.49. The van der Waals surface area contributed by atoms with E-state index >= 15 is 0 Å². The summed E-state index contributed by atoms with van der Waals surface area (Å²) in [5.74, 6) is 0.0563. The summed E-state index contributed by atoms with van der Waals surface area (Å²) in [5, 5.41) is 8.73. The van der Waals surface area contributed by atoms with Crippen molar-refractivity contribution in [3.63, 3.8) is 0 Å². The highest BCUT2D eigenvalue weighted by Gasteiger charge is 2.34. The molecule has 6 heteroatoms. The van der Waals surface area contributed by atoms with Gasteiger partial charge in [0.1, 0.15) is 0 Å². The Morgan fingerprint density at radius 2 is 2.22 bits per heavy atom. The summed E-state index contributed by atoms with van der Waals surface area (Å²) in [6.07, 6.45) is 5.85. The van der Waals surface area contributed by atoms with Gasteiger partial charge >= 0.3 is 0 Å². The second-order valence-electron chi connectivity index (χ2n) is 6.49. The Balaban J connectivity index is 1.78. The average molecular weight is 315 g/mol. The van der Waals surface area contributed by atoms with Crippen LogP contribution in [-0.4, -0.2) is 43.0 Å². The average Bonchev–Trinajstić information content (AvgIpc) is 3.22. The van der Waals surface area contributed by atoms with Gasteiger partial charge in [0.25, 0.3) is 0 Å². The Labute approximate surface area is 137 Å². The molecule has 124 valence electrons. The van der Waals surface area contributed by atoms with Gasteiger partial charge in [0.15, 0.2) is 0 Å². The Bertz CT molecular complexity index is 688. The zero-order valence-corrected chi connectivity index (χ0v) is 14.4. The fraction of sp³-hybridized carbons (Fsp3) is 0.588. The molecule has 23 heavy (non-hydrogen) atoms. The normalized spacial score (nSPS) is 19.3. The molecule has 1 aliphatic heterocycles. The summed E-state index contributed by atoms with van der Waals surface area (Å²) in [4.78, 5) is 15.1. The fourth-order valence-corrected chi connectivity index (χ4v) is 3.73. The lowest BCUT2D eigenvalue weighted by Crippen LogP contribution is -2.40. The van der Waals surface area contributed by atoms with E-state index in [9.17, 15) is 4.79 Å². The van der Waals surface area contributed by atoms with E-state index in [-0.39, 0.29) is 17.9 Å². The van der Waals surface area contributed by atoms with E-state index < -0.39 is 0 Å². The first-order valence-corrected chi connectivity index (χ1v) is 8.27. The van der Waals surface area contributed by atoms with Gasteiger partial charge < -0.3 is 4.90 Å². The molecule has 1 amide bonds. The molecule has 3 heterocycles. The van der Waals surface area contributed by atoms with Gasteiger partial charge in [-0.1, -0.05) is 0 Å². The van der Waals surface area contributed by atoms with Crippen molar-refractivity contribution in [3.8, 4) is 0 Å². The first-order valence-electron chi connectivity index (χ1n) is 8.27. The van der Waals surface area contributed by atoms with Crippen LogP contribution in [-0.2, 0) is 18.4 Å². The van der Waals surface area contributed by atoms with Crippen molar-refractivity contribution in [1.82, 2.24) is 24.5 Å². The monoisotopic (exact) mass is 315 g/mol. The summed E-state index contributed by atoms with van der Waals surface area (Å²) < 4.78 is 3.78. The highest BCUT2D eigenvalue weighted by Crippen LogP contribution is 2.28.